The molecule has 2 aliphatic heterocycles. The normalized spacial score (nSPS) is 25.7. The molecule has 3 amide bonds. The smallest absolute Gasteiger partial charge is 0.319 e. The Hall–Kier alpha value is -2.17. The lowest BCUT2D eigenvalue weighted by molar-refractivity contribution is -0.141. The number of likely N-dealkylation sites (N-methyl/N-ethyl adjacent to an activating group) is 1. The van der Waals surface area contributed by atoms with Gasteiger partial charge < -0.3 is 34.8 Å². The van der Waals surface area contributed by atoms with E-state index < -0.39 is 12.1 Å². The molecule has 3 heterocycles. The summed E-state index contributed by atoms with van der Waals surface area (Å²) in [5.41, 5.74) is 1.13. The van der Waals surface area contributed by atoms with Crippen molar-refractivity contribution in [2.75, 3.05) is 45.2 Å². The number of rotatable bonds is 5. The Morgan fingerprint density at radius 2 is 1.93 bits per heavy atom. The van der Waals surface area contributed by atoms with E-state index in [-0.39, 0.29) is 24.7 Å². The molecule has 0 aromatic carbocycles. The summed E-state index contributed by atoms with van der Waals surface area (Å²) < 4.78 is 11.0. The number of hydrogen-bond acceptors (Lipinski definition) is 7. The van der Waals surface area contributed by atoms with Gasteiger partial charge >= 0.3 is 6.03 Å². The fourth-order valence-electron chi connectivity index (χ4n) is 3.81. The van der Waals surface area contributed by atoms with Crippen LogP contribution in [0.4, 0.5) is 10.5 Å². The third-order valence-corrected chi connectivity index (χ3v) is 5.64. The zero-order chi connectivity index (χ0) is 21.0. The van der Waals surface area contributed by atoms with E-state index >= 15 is 0 Å². The number of aliphatic hydroxyl groups is 1. The molecule has 0 unspecified atom stereocenters. The molecular formula is C19H31N5O5. The summed E-state index contributed by atoms with van der Waals surface area (Å²) >= 11 is 0. The predicted octanol–water partition coefficient (Wildman–Crippen LogP) is 0.486. The van der Waals surface area contributed by atoms with Crippen molar-refractivity contribution in [1.82, 2.24) is 20.3 Å². The minimum atomic E-state index is -0.551. The fourth-order valence-corrected chi connectivity index (χ4v) is 3.81. The number of aryl methyl sites for hydroxylation is 2. The van der Waals surface area contributed by atoms with Crippen molar-refractivity contribution >= 4 is 17.6 Å². The Bertz CT molecular complexity index is 696. The highest BCUT2D eigenvalue weighted by molar-refractivity contribution is 5.90. The Balaban J connectivity index is 1.49. The van der Waals surface area contributed by atoms with Crippen molar-refractivity contribution in [1.29, 1.82) is 0 Å². The number of anilines is 1. The lowest BCUT2D eigenvalue weighted by Crippen LogP contribution is -2.53. The summed E-state index contributed by atoms with van der Waals surface area (Å²) in [5.74, 6) is 0.612. The van der Waals surface area contributed by atoms with Crippen molar-refractivity contribution in [3.63, 3.8) is 0 Å². The SMILES string of the molecule is Cc1noc(C)c1NC(=O)N[C@@H]1CC[C@@H](CC(=O)N2CCN(C)CC2)O[C@H]1CO. The molecule has 10 nitrogen and oxygen atoms in total. The number of carbonyl (C=O) groups is 2. The molecule has 3 rings (SSSR count). The summed E-state index contributed by atoms with van der Waals surface area (Å²) in [6.45, 7) is 6.46. The molecule has 2 aliphatic rings. The highest BCUT2D eigenvalue weighted by atomic mass is 16.5. The van der Waals surface area contributed by atoms with E-state index in [1.54, 1.807) is 13.8 Å². The minimum absolute atomic E-state index is 0.0855. The lowest BCUT2D eigenvalue weighted by Gasteiger charge is -2.37. The molecule has 0 radical (unpaired) electrons. The number of hydrogen-bond donors (Lipinski definition) is 3. The van der Waals surface area contributed by atoms with Crippen LogP contribution in [-0.4, -0.2) is 90.1 Å². The third-order valence-electron chi connectivity index (χ3n) is 5.64. The molecule has 10 heteroatoms. The molecule has 29 heavy (non-hydrogen) atoms. The van der Waals surface area contributed by atoms with Crippen LogP contribution < -0.4 is 10.6 Å². The van der Waals surface area contributed by atoms with Gasteiger partial charge in [-0.3, -0.25) is 4.79 Å². The molecule has 2 saturated heterocycles. The van der Waals surface area contributed by atoms with Crippen molar-refractivity contribution < 1.29 is 24.0 Å². The van der Waals surface area contributed by atoms with Gasteiger partial charge in [0.1, 0.15) is 17.5 Å². The van der Waals surface area contributed by atoms with E-state index in [9.17, 15) is 14.7 Å². The summed E-state index contributed by atoms with van der Waals surface area (Å²) in [7, 11) is 2.05. The molecule has 162 valence electrons. The molecule has 3 atom stereocenters. The van der Waals surface area contributed by atoms with Crippen LogP contribution in [0.5, 0.6) is 0 Å². The van der Waals surface area contributed by atoms with Gasteiger partial charge in [-0.2, -0.15) is 0 Å². The summed E-state index contributed by atoms with van der Waals surface area (Å²) in [6.07, 6.45) is 0.776. The molecule has 0 spiro atoms. The van der Waals surface area contributed by atoms with Crippen LogP contribution in [0.25, 0.3) is 0 Å². The maximum absolute atomic E-state index is 12.5. The topological polar surface area (TPSA) is 120 Å². The van der Waals surface area contributed by atoms with Gasteiger partial charge in [-0.15, -0.1) is 0 Å². The number of nitrogens with zero attached hydrogens (tertiary/aromatic N) is 3. The molecule has 1 aromatic rings. The summed E-state index contributed by atoms with van der Waals surface area (Å²) in [6, 6.07) is -0.742. The first-order chi connectivity index (χ1) is 13.9. The van der Waals surface area contributed by atoms with Gasteiger partial charge in [-0.05, 0) is 33.7 Å². The maximum atomic E-state index is 12.5. The van der Waals surface area contributed by atoms with Crippen molar-refractivity contribution in [2.45, 2.75) is 51.4 Å². The lowest BCUT2D eigenvalue weighted by atomic mass is 9.97. The minimum Gasteiger partial charge on any atom is -0.394 e. The van der Waals surface area contributed by atoms with E-state index in [0.717, 1.165) is 26.2 Å². The molecular weight excluding hydrogens is 378 g/mol. The number of aliphatic hydroxyl groups excluding tert-OH is 1. The van der Waals surface area contributed by atoms with E-state index in [0.29, 0.717) is 36.4 Å². The first-order valence-corrected chi connectivity index (χ1v) is 10.1. The zero-order valence-corrected chi connectivity index (χ0v) is 17.3. The second kappa shape index (κ2) is 9.55. The zero-order valence-electron chi connectivity index (χ0n) is 17.3. The van der Waals surface area contributed by atoms with Gasteiger partial charge in [0, 0.05) is 26.2 Å². The number of piperazine rings is 1. The van der Waals surface area contributed by atoms with Crippen molar-refractivity contribution in [3.8, 4) is 0 Å². The second-order valence-corrected chi connectivity index (χ2v) is 7.85. The number of aromatic nitrogens is 1. The quantitative estimate of drug-likeness (QED) is 0.647. The Morgan fingerprint density at radius 1 is 1.21 bits per heavy atom. The van der Waals surface area contributed by atoms with Gasteiger partial charge in [-0.25, -0.2) is 4.79 Å². The fraction of sp³-hybridized carbons (Fsp3) is 0.737. The van der Waals surface area contributed by atoms with Crippen LogP contribution in [0.3, 0.4) is 0 Å². The number of nitrogens with one attached hydrogen (secondary N) is 2. The van der Waals surface area contributed by atoms with Gasteiger partial charge in [-0.1, -0.05) is 5.16 Å². The Morgan fingerprint density at radius 3 is 2.55 bits per heavy atom. The standard InChI is InChI=1S/C19H31N5O5/c1-12-18(13(2)29-22-12)21-19(27)20-15-5-4-14(28-16(15)11-25)10-17(26)24-8-6-23(3)7-9-24/h14-16,25H,4-11H2,1-3H3,(H2,20,21,27)/t14-,15+,16-/m0/s1. The van der Waals surface area contributed by atoms with E-state index in [1.165, 1.54) is 0 Å². The largest absolute Gasteiger partial charge is 0.394 e. The Kier molecular flexibility index (Phi) is 7.09. The average Bonchev–Trinajstić information content (AvgIpc) is 3.01. The number of urea groups is 1. The summed E-state index contributed by atoms with van der Waals surface area (Å²) in [4.78, 5) is 29.0. The second-order valence-electron chi connectivity index (χ2n) is 7.85. The third kappa shape index (κ3) is 5.46. The van der Waals surface area contributed by atoms with E-state index in [4.69, 9.17) is 9.26 Å². The van der Waals surface area contributed by atoms with Crippen LogP contribution >= 0.6 is 0 Å². The van der Waals surface area contributed by atoms with Crippen LogP contribution in [0.15, 0.2) is 4.52 Å². The number of amides is 3. The highest BCUT2D eigenvalue weighted by Crippen LogP contribution is 2.24. The van der Waals surface area contributed by atoms with E-state index in [1.807, 2.05) is 11.9 Å². The first-order valence-electron chi connectivity index (χ1n) is 10.1. The molecule has 0 aliphatic carbocycles. The maximum Gasteiger partial charge on any atom is 0.319 e. The molecule has 0 bridgehead atoms. The highest BCUT2D eigenvalue weighted by Gasteiger charge is 2.34. The van der Waals surface area contributed by atoms with Gasteiger partial charge in [0.05, 0.1) is 25.2 Å². The van der Waals surface area contributed by atoms with Crippen molar-refractivity contribution in [3.05, 3.63) is 11.5 Å². The molecule has 0 saturated carbocycles. The monoisotopic (exact) mass is 409 g/mol. The van der Waals surface area contributed by atoms with E-state index in [2.05, 4.69) is 20.7 Å². The molecule has 3 N–H and O–H groups in total. The van der Waals surface area contributed by atoms with Crippen LogP contribution in [0.2, 0.25) is 0 Å². The summed E-state index contributed by atoms with van der Waals surface area (Å²) in [5, 5.41) is 19.1. The number of ether oxygens (including phenoxy) is 1. The van der Waals surface area contributed by atoms with Crippen LogP contribution in [0, 0.1) is 13.8 Å². The number of carbonyl (C=O) groups excluding carboxylic acids is 2. The average molecular weight is 409 g/mol. The first kappa shape index (κ1) is 21.5. The molecule has 1 aromatic heterocycles. The van der Waals surface area contributed by atoms with Gasteiger partial charge in [0.2, 0.25) is 5.91 Å². The molecule has 2 fully saturated rings. The van der Waals surface area contributed by atoms with Crippen LogP contribution in [-0.2, 0) is 9.53 Å². The Labute approximate surface area is 170 Å². The van der Waals surface area contributed by atoms with Crippen molar-refractivity contribution in [2.24, 2.45) is 0 Å². The van der Waals surface area contributed by atoms with Gasteiger partial charge in [0.25, 0.3) is 0 Å². The predicted molar refractivity (Wildman–Crippen MR) is 106 cm³/mol. The van der Waals surface area contributed by atoms with Gasteiger partial charge in [0.15, 0.2) is 5.76 Å². The van der Waals surface area contributed by atoms with Crippen LogP contribution in [0.1, 0.15) is 30.7 Å².